The Morgan fingerprint density at radius 2 is 2.47 bits per heavy atom. The molecule has 1 aliphatic rings. The van der Waals surface area contributed by atoms with Gasteiger partial charge in [-0.2, -0.15) is 5.10 Å². The number of piperidine rings is 1. The SMILES string of the molecule is Cc1nn(C)c2sc(C(=O)NC3CCCNC3)cc12. The standard InChI is InChI=1S/C13H18N4OS/c1-8-10-6-11(19-13(10)17(2)16-8)12(18)15-9-4-3-5-14-7-9/h6,9,14H,3-5,7H2,1-2H3,(H,15,18). The highest BCUT2D eigenvalue weighted by Gasteiger charge is 2.19. The summed E-state index contributed by atoms with van der Waals surface area (Å²) in [4.78, 5) is 14.1. The van der Waals surface area contributed by atoms with Crippen LogP contribution >= 0.6 is 11.3 Å². The van der Waals surface area contributed by atoms with Crippen LogP contribution in [0.5, 0.6) is 0 Å². The van der Waals surface area contributed by atoms with Gasteiger partial charge in [-0.1, -0.05) is 0 Å². The number of hydrogen-bond donors (Lipinski definition) is 2. The molecule has 0 radical (unpaired) electrons. The lowest BCUT2D eigenvalue weighted by Gasteiger charge is -2.23. The first-order chi connectivity index (χ1) is 9.15. The van der Waals surface area contributed by atoms with Gasteiger partial charge < -0.3 is 10.6 Å². The van der Waals surface area contributed by atoms with E-state index in [1.54, 1.807) is 0 Å². The van der Waals surface area contributed by atoms with Crippen LogP contribution in [0.25, 0.3) is 10.2 Å². The third kappa shape index (κ3) is 2.37. The van der Waals surface area contributed by atoms with Crippen LogP contribution in [0, 0.1) is 6.92 Å². The van der Waals surface area contributed by atoms with E-state index in [9.17, 15) is 4.79 Å². The van der Waals surface area contributed by atoms with Gasteiger partial charge in [0.1, 0.15) is 4.83 Å². The maximum Gasteiger partial charge on any atom is 0.261 e. The van der Waals surface area contributed by atoms with Crippen LogP contribution in [0.3, 0.4) is 0 Å². The van der Waals surface area contributed by atoms with Gasteiger partial charge >= 0.3 is 0 Å². The molecule has 0 aromatic carbocycles. The fraction of sp³-hybridized carbons (Fsp3) is 0.538. The number of carbonyl (C=O) groups excluding carboxylic acids is 1. The minimum atomic E-state index is 0.0364. The van der Waals surface area contributed by atoms with E-state index in [0.29, 0.717) is 0 Å². The molecule has 0 bridgehead atoms. The van der Waals surface area contributed by atoms with Gasteiger partial charge in [-0.05, 0) is 32.4 Å². The number of nitrogens with one attached hydrogen (secondary N) is 2. The summed E-state index contributed by atoms with van der Waals surface area (Å²) in [6, 6.07) is 2.21. The number of carbonyl (C=O) groups is 1. The zero-order valence-corrected chi connectivity index (χ0v) is 12.0. The van der Waals surface area contributed by atoms with Gasteiger partial charge in [-0.25, -0.2) is 0 Å². The molecule has 3 heterocycles. The van der Waals surface area contributed by atoms with Crippen molar-refractivity contribution in [2.75, 3.05) is 13.1 Å². The van der Waals surface area contributed by atoms with Crippen molar-refractivity contribution in [3.05, 3.63) is 16.6 Å². The number of thiophene rings is 1. The number of nitrogens with zero attached hydrogens (tertiary/aromatic N) is 2. The average molecular weight is 278 g/mol. The Morgan fingerprint density at radius 1 is 1.63 bits per heavy atom. The summed E-state index contributed by atoms with van der Waals surface area (Å²) in [7, 11) is 1.92. The van der Waals surface area contributed by atoms with Crippen molar-refractivity contribution >= 4 is 27.5 Å². The highest BCUT2D eigenvalue weighted by Crippen LogP contribution is 2.27. The zero-order chi connectivity index (χ0) is 13.4. The largest absolute Gasteiger partial charge is 0.347 e. The van der Waals surface area contributed by atoms with Crippen LogP contribution in [0.1, 0.15) is 28.2 Å². The van der Waals surface area contributed by atoms with Crippen LogP contribution in [0.2, 0.25) is 0 Å². The van der Waals surface area contributed by atoms with Crippen LogP contribution in [-0.2, 0) is 7.05 Å². The van der Waals surface area contributed by atoms with E-state index in [1.165, 1.54) is 11.3 Å². The molecule has 2 N–H and O–H groups in total. The summed E-state index contributed by atoms with van der Waals surface area (Å²) in [5.74, 6) is 0.0364. The zero-order valence-electron chi connectivity index (χ0n) is 11.2. The fourth-order valence-corrected chi connectivity index (χ4v) is 3.57. The van der Waals surface area contributed by atoms with E-state index in [2.05, 4.69) is 15.7 Å². The van der Waals surface area contributed by atoms with E-state index in [0.717, 1.165) is 46.7 Å². The molecule has 3 rings (SSSR count). The molecule has 0 spiro atoms. The van der Waals surface area contributed by atoms with Crippen LogP contribution in [0.4, 0.5) is 0 Å². The molecule has 0 aliphatic carbocycles. The summed E-state index contributed by atoms with van der Waals surface area (Å²) in [5.41, 5.74) is 0.979. The molecule has 1 atom stereocenters. The van der Waals surface area contributed by atoms with Crippen molar-refractivity contribution in [2.45, 2.75) is 25.8 Å². The highest BCUT2D eigenvalue weighted by atomic mass is 32.1. The number of aryl methyl sites for hydroxylation is 2. The predicted octanol–water partition coefficient (Wildman–Crippen LogP) is 1.43. The molecular weight excluding hydrogens is 260 g/mol. The molecule has 2 aromatic rings. The number of amides is 1. The summed E-state index contributed by atoms with van der Waals surface area (Å²) < 4.78 is 1.84. The van der Waals surface area contributed by atoms with Gasteiger partial charge in [0.25, 0.3) is 5.91 Å². The predicted molar refractivity (Wildman–Crippen MR) is 76.7 cm³/mol. The summed E-state index contributed by atoms with van der Waals surface area (Å²) in [6.45, 7) is 3.90. The van der Waals surface area contributed by atoms with Crippen molar-refractivity contribution in [3.8, 4) is 0 Å². The minimum absolute atomic E-state index is 0.0364. The second kappa shape index (κ2) is 4.94. The Labute approximate surface area is 116 Å². The summed E-state index contributed by atoms with van der Waals surface area (Å²) >= 11 is 1.51. The van der Waals surface area contributed by atoms with E-state index < -0.39 is 0 Å². The molecule has 102 valence electrons. The van der Waals surface area contributed by atoms with Gasteiger partial charge in [0, 0.05) is 25.0 Å². The van der Waals surface area contributed by atoms with Gasteiger partial charge in [0.05, 0.1) is 10.6 Å². The number of hydrogen-bond acceptors (Lipinski definition) is 4. The molecule has 1 aliphatic heterocycles. The van der Waals surface area contributed by atoms with Crippen molar-refractivity contribution in [1.82, 2.24) is 20.4 Å². The van der Waals surface area contributed by atoms with Crippen molar-refractivity contribution in [1.29, 1.82) is 0 Å². The molecule has 1 unspecified atom stereocenters. The Hall–Kier alpha value is -1.40. The van der Waals surface area contributed by atoms with E-state index in [-0.39, 0.29) is 11.9 Å². The van der Waals surface area contributed by atoms with Crippen LogP contribution in [0.15, 0.2) is 6.07 Å². The third-order valence-corrected chi connectivity index (χ3v) is 4.75. The lowest BCUT2D eigenvalue weighted by Crippen LogP contribution is -2.45. The smallest absolute Gasteiger partial charge is 0.261 e. The lowest BCUT2D eigenvalue weighted by molar-refractivity contribution is 0.0935. The van der Waals surface area contributed by atoms with Crippen LogP contribution < -0.4 is 10.6 Å². The first kappa shape index (κ1) is 12.6. The maximum absolute atomic E-state index is 12.2. The second-order valence-electron chi connectivity index (χ2n) is 5.06. The van der Waals surface area contributed by atoms with Gasteiger partial charge in [0.2, 0.25) is 0 Å². The highest BCUT2D eigenvalue weighted by molar-refractivity contribution is 7.20. The Morgan fingerprint density at radius 3 is 3.16 bits per heavy atom. The second-order valence-corrected chi connectivity index (χ2v) is 6.09. The van der Waals surface area contributed by atoms with Crippen molar-refractivity contribution in [2.24, 2.45) is 7.05 Å². The molecule has 1 amide bonds. The minimum Gasteiger partial charge on any atom is -0.347 e. The quantitative estimate of drug-likeness (QED) is 0.873. The molecule has 19 heavy (non-hydrogen) atoms. The number of fused-ring (bicyclic) bond motifs is 1. The number of rotatable bonds is 2. The number of aromatic nitrogens is 2. The van der Waals surface area contributed by atoms with E-state index >= 15 is 0 Å². The lowest BCUT2D eigenvalue weighted by atomic mass is 10.1. The Bertz CT molecular complexity index is 575. The van der Waals surface area contributed by atoms with E-state index in [1.807, 2.05) is 24.7 Å². The fourth-order valence-electron chi connectivity index (χ4n) is 2.55. The van der Waals surface area contributed by atoms with E-state index in [4.69, 9.17) is 0 Å². The normalized spacial score (nSPS) is 19.8. The Balaban J connectivity index is 1.79. The average Bonchev–Trinajstić information content (AvgIpc) is 2.94. The molecule has 2 aromatic heterocycles. The first-order valence-corrected chi connectivity index (χ1v) is 7.41. The molecule has 0 saturated carbocycles. The summed E-state index contributed by atoms with van der Waals surface area (Å²) in [5, 5.41) is 11.8. The topological polar surface area (TPSA) is 59.0 Å². The summed E-state index contributed by atoms with van der Waals surface area (Å²) in [6.07, 6.45) is 2.19. The van der Waals surface area contributed by atoms with Gasteiger partial charge in [0.15, 0.2) is 0 Å². The Kier molecular flexibility index (Phi) is 3.28. The van der Waals surface area contributed by atoms with Gasteiger partial charge in [-0.15, -0.1) is 11.3 Å². The molecule has 1 saturated heterocycles. The molecule has 1 fully saturated rings. The molecule has 6 heteroatoms. The molecule has 5 nitrogen and oxygen atoms in total. The van der Waals surface area contributed by atoms with Crippen molar-refractivity contribution < 1.29 is 4.79 Å². The maximum atomic E-state index is 12.2. The van der Waals surface area contributed by atoms with Crippen LogP contribution in [-0.4, -0.2) is 34.8 Å². The van der Waals surface area contributed by atoms with Gasteiger partial charge in [-0.3, -0.25) is 9.48 Å². The first-order valence-electron chi connectivity index (χ1n) is 6.60. The van der Waals surface area contributed by atoms with Crippen molar-refractivity contribution in [3.63, 3.8) is 0 Å². The third-order valence-electron chi connectivity index (χ3n) is 3.55. The monoisotopic (exact) mass is 278 g/mol. The molecular formula is C13H18N4OS.